The number of fused-ring (bicyclic) bond motifs is 1. The summed E-state index contributed by atoms with van der Waals surface area (Å²) in [5.74, 6) is -0.704. The average Bonchev–Trinajstić information content (AvgIpc) is 3.67. The zero-order valence-corrected chi connectivity index (χ0v) is 18.9. The van der Waals surface area contributed by atoms with Gasteiger partial charge in [-0.15, -0.1) is 0 Å². The number of benzene rings is 2. The Kier molecular flexibility index (Phi) is 6.04. The van der Waals surface area contributed by atoms with Gasteiger partial charge in [-0.25, -0.2) is 0 Å². The lowest BCUT2D eigenvalue weighted by Gasteiger charge is -2.32. The fourth-order valence-electron chi connectivity index (χ4n) is 4.87. The van der Waals surface area contributed by atoms with Crippen molar-refractivity contribution in [3.05, 3.63) is 71.3 Å². The van der Waals surface area contributed by atoms with Gasteiger partial charge in [-0.2, -0.15) is 0 Å². The quantitative estimate of drug-likeness (QED) is 0.688. The maximum absolute atomic E-state index is 13.0. The summed E-state index contributed by atoms with van der Waals surface area (Å²) in [5.41, 5.74) is 1.93. The van der Waals surface area contributed by atoms with Gasteiger partial charge in [0.1, 0.15) is 6.04 Å². The Morgan fingerprint density at radius 2 is 1.56 bits per heavy atom. The van der Waals surface area contributed by atoms with Gasteiger partial charge in [0.2, 0.25) is 11.8 Å². The van der Waals surface area contributed by atoms with Crippen molar-refractivity contribution in [1.29, 1.82) is 0 Å². The van der Waals surface area contributed by atoms with E-state index in [9.17, 15) is 19.2 Å². The summed E-state index contributed by atoms with van der Waals surface area (Å²) in [6.45, 7) is 0.998. The highest BCUT2D eigenvalue weighted by Crippen LogP contribution is 2.41. The van der Waals surface area contributed by atoms with Gasteiger partial charge >= 0.3 is 0 Å². The Morgan fingerprint density at radius 3 is 2.26 bits per heavy atom. The molecule has 2 aromatic rings. The van der Waals surface area contributed by atoms with Gasteiger partial charge in [0, 0.05) is 36.3 Å². The summed E-state index contributed by atoms with van der Waals surface area (Å²) in [6.07, 6.45) is 3.13. The number of hydrogen-bond acceptors (Lipinski definition) is 4. The normalized spacial score (nSPS) is 20.1. The molecule has 0 radical (unpaired) electrons. The smallest absolute Gasteiger partial charge is 0.255 e. The maximum Gasteiger partial charge on any atom is 0.255 e. The number of amides is 4. The fraction of sp³-hybridized carbons (Fsp3) is 0.385. The summed E-state index contributed by atoms with van der Waals surface area (Å²) < 4.78 is 0. The monoisotopic (exact) mass is 460 g/mol. The van der Waals surface area contributed by atoms with E-state index in [0.717, 1.165) is 12.8 Å². The number of hydrogen-bond donors (Lipinski definition) is 2. The first kappa shape index (κ1) is 22.1. The van der Waals surface area contributed by atoms with Crippen LogP contribution in [-0.4, -0.2) is 65.1 Å². The fourth-order valence-corrected chi connectivity index (χ4v) is 4.87. The van der Waals surface area contributed by atoms with E-state index >= 15 is 0 Å². The van der Waals surface area contributed by atoms with Crippen molar-refractivity contribution in [2.24, 2.45) is 0 Å². The number of nitrogens with one attached hydrogen (secondary N) is 2. The first-order chi connectivity index (χ1) is 16.5. The number of carbonyl (C=O) groups excluding carboxylic acids is 4. The third kappa shape index (κ3) is 4.40. The van der Waals surface area contributed by atoms with Gasteiger partial charge in [0.05, 0.1) is 6.54 Å². The Hall–Kier alpha value is -3.68. The maximum atomic E-state index is 13.0. The molecule has 8 heteroatoms. The van der Waals surface area contributed by atoms with E-state index < -0.39 is 6.04 Å². The molecule has 2 fully saturated rings. The van der Waals surface area contributed by atoms with Crippen LogP contribution in [0, 0.1) is 0 Å². The first-order valence-corrected chi connectivity index (χ1v) is 11.9. The van der Waals surface area contributed by atoms with E-state index in [1.54, 1.807) is 34.1 Å². The molecular weight excluding hydrogens is 432 g/mol. The molecule has 8 nitrogen and oxygen atoms in total. The second kappa shape index (κ2) is 9.29. The van der Waals surface area contributed by atoms with Crippen LogP contribution >= 0.6 is 0 Å². The van der Waals surface area contributed by atoms with Crippen molar-refractivity contribution in [1.82, 2.24) is 20.4 Å². The molecule has 1 atom stereocenters. The lowest BCUT2D eigenvalue weighted by atomic mass is 10.0. The second-order valence-electron chi connectivity index (χ2n) is 9.15. The minimum atomic E-state index is -0.684. The van der Waals surface area contributed by atoms with Crippen molar-refractivity contribution < 1.29 is 19.2 Å². The zero-order chi connectivity index (χ0) is 23.7. The number of carbonyl (C=O) groups is 4. The van der Waals surface area contributed by atoms with Gasteiger partial charge in [0.25, 0.3) is 11.8 Å². The Bertz CT molecular complexity index is 1110. The lowest BCUT2D eigenvalue weighted by molar-refractivity contribution is -0.129. The first-order valence-electron chi connectivity index (χ1n) is 11.9. The molecule has 2 aromatic carbocycles. The summed E-state index contributed by atoms with van der Waals surface area (Å²) in [6, 6.07) is 15.7. The molecule has 2 heterocycles. The van der Waals surface area contributed by atoms with Gasteiger partial charge in [-0.1, -0.05) is 36.4 Å². The van der Waals surface area contributed by atoms with Crippen molar-refractivity contribution >= 4 is 23.6 Å². The predicted octanol–water partition coefficient (Wildman–Crippen LogP) is 1.88. The van der Waals surface area contributed by atoms with Gasteiger partial charge < -0.3 is 20.4 Å². The number of rotatable bonds is 6. The van der Waals surface area contributed by atoms with E-state index in [1.807, 2.05) is 30.3 Å². The molecular formula is C26H28N4O4. The van der Waals surface area contributed by atoms with Crippen LogP contribution in [0.4, 0.5) is 0 Å². The molecule has 2 N–H and O–H groups in total. The molecule has 3 aliphatic rings. The van der Waals surface area contributed by atoms with Crippen molar-refractivity contribution in [2.75, 3.05) is 19.6 Å². The van der Waals surface area contributed by atoms with Crippen LogP contribution < -0.4 is 10.6 Å². The molecule has 1 saturated heterocycles. The lowest BCUT2D eigenvalue weighted by Crippen LogP contribution is -2.49. The van der Waals surface area contributed by atoms with E-state index in [1.165, 1.54) is 0 Å². The Morgan fingerprint density at radius 1 is 0.882 bits per heavy atom. The second-order valence-corrected chi connectivity index (χ2v) is 9.15. The highest BCUT2D eigenvalue weighted by molar-refractivity contribution is 6.05. The Labute approximate surface area is 198 Å². The van der Waals surface area contributed by atoms with Crippen LogP contribution in [0.15, 0.2) is 54.6 Å². The molecule has 1 saturated carbocycles. The number of nitrogens with zero attached hydrogens (tertiary/aromatic N) is 2. The Balaban J connectivity index is 1.12. The molecule has 1 unspecified atom stereocenters. The van der Waals surface area contributed by atoms with Gasteiger partial charge in [0.15, 0.2) is 0 Å². The highest BCUT2D eigenvalue weighted by Gasteiger charge is 2.47. The zero-order valence-electron chi connectivity index (χ0n) is 18.9. The van der Waals surface area contributed by atoms with Crippen LogP contribution in [0.25, 0.3) is 0 Å². The van der Waals surface area contributed by atoms with Gasteiger partial charge in [-0.3, -0.25) is 19.2 Å². The molecule has 5 rings (SSSR count). The topological polar surface area (TPSA) is 98.8 Å². The molecule has 0 bridgehead atoms. The van der Waals surface area contributed by atoms with E-state index in [2.05, 4.69) is 10.6 Å². The molecule has 176 valence electrons. The van der Waals surface area contributed by atoms with E-state index in [-0.39, 0.29) is 42.3 Å². The van der Waals surface area contributed by atoms with Crippen molar-refractivity contribution in [2.45, 2.75) is 43.8 Å². The van der Waals surface area contributed by atoms with Gasteiger partial charge in [-0.05, 0) is 49.4 Å². The van der Waals surface area contributed by atoms with Crippen LogP contribution in [0.2, 0.25) is 0 Å². The average molecular weight is 461 g/mol. The molecule has 2 aliphatic heterocycles. The number of piperidine rings is 1. The third-order valence-electron chi connectivity index (χ3n) is 6.78. The minimum absolute atomic E-state index is 0.00393. The number of likely N-dealkylation sites (tertiary alicyclic amines) is 1. The molecule has 34 heavy (non-hydrogen) atoms. The summed E-state index contributed by atoms with van der Waals surface area (Å²) >= 11 is 0. The summed E-state index contributed by atoms with van der Waals surface area (Å²) in [7, 11) is 0. The highest BCUT2D eigenvalue weighted by atomic mass is 16.2. The SMILES string of the molecule is O=C(CNC(=O)C1c2ccccc2C(=O)N1C1CC1)NC1CCN(C(=O)c2ccccc2)CC1. The van der Waals surface area contributed by atoms with Crippen LogP contribution in [0.1, 0.15) is 58.0 Å². The standard InChI is InChI=1S/C26H28N4O4/c31-22(28-18-12-14-29(15-13-18)25(33)17-6-2-1-3-7-17)16-27-24(32)23-20-8-4-5-9-21(20)26(34)30(23)19-10-11-19/h1-9,18-19,23H,10-16H2,(H,27,32)(H,28,31). The molecule has 4 amide bonds. The van der Waals surface area contributed by atoms with Crippen molar-refractivity contribution in [3.63, 3.8) is 0 Å². The largest absolute Gasteiger partial charge is 0.352 e. The molecule has 0 aromatic heterocycles. The van der Waals surface area contributed by atoms with Crippen LogP contribution in [0.3, 0.4) is 0 Å². The molecule has 0 spiro atoms. The van der Waals surface area contributed by atoms with E-state index in [4.69, 9.17) is 0 Å². The summed E-state index contributed by atoms with van der Waals surface area (Å²) in [5, 5.41) is 5.69. The third-order valence-corrected chi connectivity index (χ3v) is 6.78. The minimum Gasteiger partial charge on any atom is -0.352 e. The van der Waals surface area contributed by atoms with Crippen LogP contribution in [-0.2, 0) is 9.59 Å². The predicted molar refractivity (Wildman–Crippen MR) is 125 cm³/mol. The van der Waals surface area contributed by atoms with Crippen molar-refractivity contribution in [3.8, 4) is 0 Å². The van der Waals surface area contributed by atoms with E-state index in [0.29, 0.717) is 42.6 Å². The molecule has 1 aliphatic carbocycles. The summed E-state index contributed by atoms with van der Waals surface area (Å²) in [4.78, 5) is 54.4. The van der Waals surface area contributed by atoms with Crippen LogP contribution in [0.5, 0.6) is 0 Å².